The van der Waals surface area contributed by atoms with Crippen LogP contribution in [-0.4, -0.2) is 57.1 Å². The van der Waals surface area contributed by atoms with Gasteiger partial charge in [0.25, 0.3) is 0 Å². The van der Waals surface area contributed by atoms with Crippen LogP contribution in [0.5, 0.6) is 0 Å². The maximum absolute atomic E-state index is 11.4. The fourth-order valence-electron chi connectivity index (χ4n) is 1.56. The zero-order chi connectivity index (χ0) is 10.6. The fraction of sp³-hybridized carbons (Fsp3) is 0.889. The third-order valence-electron chi connectivity index (χ3n) is 2.35. The zero-order valence-electron chi connectivity index (χ0n) is 8.86. The summed E-state index contributed by atoms with van der Waals surface area (Å²) >= 11 is 0. The summed E-state index contributed by atoms with van der Waals surface area (Å²) in [5.41, 5.74) is 0. The van der Waals surface area contributed by atoms with Gasteiger partial charge in [-0.3, -0.25) is 0 Å². The molecule has 1 amide bonds. The Hall–Kier alpha value is -0.810. The van der Waals surface area contributed by atoms with Crippen LogP contribution in [0.15, 0.2) is 0 Å². The summed E-state index contributed by atoms with van der Waals surface area (Å²) in [6.45, 7) is 3.25. The first-order chi connectivity index (χ1) is 6.72. The van der Waals surface area contributed by atoms with E-state index in [1.165, 1.54) is 0 Å². The van der Waals surface area contributed by atoms with Crippen molar-refractivity contribution in [2.24, 2.45) is 0 Å². The number of nitrogens with zero attached hydrogens (tertiary/aromatic N) is 1. The van der Waals surface area contributed by atoms with Gasteiger partial charge in [-0.05, 0) is 6.92 Å². The molecule has 82 valence electrons. The molecule has 0 saturated carbocycles. The Morgan fingerprint density at radius 1 is 1.29 bits per heavy atom. The highest BCUT2D eigenvalue weighted by Gasteiger charge is 2.36. The number of carbonyl (C=O) groups excluding carboxylic acids is 1. The molecule has 1 fully saturated rings. The molecule has 0 aromatic carbocycles. The van der Waals surface area contributed by atoms with Gasteiger partial charge in [0, 0.05) is 14.2 Å². The van der Waals surface area contributed by atoms with Crippen molar-refractivity contribution in [3.63, 3.8) is 0 Å². The van der Waals surface area contributed by atoms with Crippen molar-refractivity contribution in [1.29, 1.82) is 0 Å². The summed E-state index contributed by atoms with van der Waals surface area (Å²) < 4.78 is 15.3. The van der Waals surface area contributed by atoms with Gasteiger partial charge in [0.05, 0.1) is 19.7 Å². The van der Waals surface area contributed by atoms with E-state index in [0.717, 1.165) is 0 Å². The van der Waals surface area contributed by atoms with Gasteiger partial charge in [-0.2, -0.15) is 0 Å². The van der Waals surface area contributed by atoms with Crippen LogP contribution in [-0.2, 0) is 14.2 Å². The zero-order valence-corrected chi connectivity index (χ0v) is 8.86. The molecule has 2 unspecified atom stereocenters. The molecule has 0 N–H and O–H groups in total. The van der Waals surface area contributed by atoms with E-state index in [2.05, 4.69) is 0 Å². The molecule has 1 saturated heterocycles. The number of amides is 1. The van der Waals surface area contributed by atoms with Crippen molar-refractivity contribution in [2.75, 3.05) is 33.9 Å². The average molecular weight is 203 g/mol. The molecular weight excluding hydrogens is 186 g/mol. The topological polar surface area (TPSA) is 48.0 Å². The molecule has 1 rings (SSSR count). The number of rotatable bonds is 3. The lowest BCUT2D eigenvalue weighted by molar-refractivity contribution is -0.00461. The molecule has 1 aliphatic rings. The van der Waals surface area contributed by atoms with Crippen LogP contribution in [0.2, 0.25) is 0 Å². The largest absolute Gasteiger partial charge is 0.450 e. The van der Waals surface area contributed by atoms with E-state index in [0.29, 0.717) is 19.7 Å². The average Bonchev–Trinajstić information content (AvgIpc) is 2.61. The monoisotopic (exact) mass is 203 g/mol. The Morgan fingerprint density at radius 3 is 2.14 bits per heavy atom. The van der Waals surface area contributed by atoms with Gasteiger partial charge in [0.15, 0.2) is 0 Å². The predicted octanol–water partition coefficient (Wildman–Crippen LogP) is 0.488. The summed E-state index contributed by atoms with van der Waals surface area (Å²) in [6, 6.07) is 0. The SMILES string of the molecule is CCOC(=O)N1CC(OC)C(OC)C1. The number of hydrogen-bond donors (Lipinski definition) is 0. The number of likely N-dealkylation sites (tertiary alicyclic amines) is 1. The molecule has 0 bridgehead atoms. The second kappa shape index (κ2) is 5.17. The molecule has 0 aromatic heterocycles. The maximum atomic E-state index is 11.4. The summed E-state index contributed by atoms with van der Waals surface area (Å²) in [4.78, 5) is 13.0. The van der Waals surface area contributed by atoms with Crippen molar-refractivity contribution in [2.45, 2.75) is 19.1 Å². The number of carbonyl (C=O) groups is 1. The van der Waals surface area contributed by atoms with Crippen molar-refractivity contribution in [3.8, 4) is 0 Å². The molecule has 5 heteroatoms. The second-order valence-electron chi connectivity index (χ2n) is 3.15. The first-order valence-electron chi connectivity index (χ1n) is 4.70. The van der Waals surface area contributed by atoms with Crippen LogP contribution >= 0.6 is 0 Å². The molecule has 14 heavy (non-hydrogen) atoms. The molecule has 1 aliphatic heterocycles. The van der Waals surface area contributed by atoms with Gasteiger partial charge in [0.2, 0.25) is 0 Å². The van der Waals surface area contributed by atoms with E-state index in [9.17, 15) is 4.79 Å². The molecule has 2 atom stereocenters. The Bertz CT molecular complexity index is 185. The Balaban J connectivity index is 2.48. The third-order valence-corrected chi connectivity index (χ3v) is 2.35. The smallest absolute Gasteiger partial charge is 0.409 e. The van der Waals surface area contributed by atoms with Gasteiger partial charge in [-0.15, -0.1) is 0 Å². The van der Waals surface area contributed by atoms with Crippen molar-refractivity contribution in [3.05, 3.63) is 0 Å². The standard InChI is InChI=1S/C9H17NO4/c1-4-14-9(11)10-5-7(12-2)8(6-10)13-3/h7-8H,4-6H2,1-3H3. The van der Waals surface area contributed by atoms with Gasteiger partial charge in [-0.1, -0.05) is 0 Å². The maximum Gasteiger partial charge on any atom is 0.409 e. The van der Waals surface area contributed by atoms with Crippen LogP contribution < -0.4 is 0 Å². The van der Waals surface area contributed by atoms with E-state index in [1.54, 1.807) is 26.0 Å². The molecule has 0 spiro atoms. The van der Waals surface area contributed by atoms with Gasteiger partial charge in [-0.25, -0.2) is 4.79 Å². The highest BCUT2D eigenvalue weighted by molar-refractivity contribution is 5.68. The van der Waals surface area contributed by atoms with Crippen LogP contribution in [0.25, 0.3) is 0 Å². The molecular formula is C9H17NO4. The minimum absolute atomic E-state index is 0.0515. The summed E-state index contributed by atoms with van der Waals surface area (Å²) in [6.07, 6.45) is -0.400. The first kappa shape index (κ1) is 11.3. The van der Waals surface area contributed by atoms with Crippen LogP contribution in [0, 0.1) is 0 Å². The lowest BCUT2D eigenvalue weighted by Gasteiger charge is -2.14. The lowest BCUT2D eigenvalue weighted by atomic mass is 10.3. The van der Waals surface area contributed by atoms with Gasteiger partial charge in [0.1, 0.15) is 12.2 Å². The summed E-state index contributed by atoms with van der Waals surface area (Å²) in [5, 5.41) is 0. The van der Waals surface area contributed by atoms with Gasteiger partial charge < -0.3 is 19.1 Å². The lowest BCUT2D eigenvalue weighted by Crippen LogP contribution is -2.30. The van der Waals surface area contributed by atoms with Gasteiger partial charge >= 0.3 is 6.09 Å². The van der Waals surface area contributed by atoms with E-state index in [4.69, 9.17) is 14.2 Å². The summed E-state index contributed by atoms with van der Waals surface area (Å²) in [7, 11) is 3.23. The molecule has 0 aliphatic carbocycles. The Morgan fingerprint density at radius 2 is 1.79 bits per heavy atom. The van der Waals surface area contributed by atoms with Crippen molar-refractivity contribution >= 4 is 6.09 Å². The molecule has 0 radical (unpaired) electrons. The highest BCUT2D eigenvalue weighted by Crippen LogP contribution is 2.16. The third kappa shape index (κ3) is 2.36. The van der Waals surface area contributed by atoms with Crippen LogP contribution in [0.1, 0.15) is 6.92 Å². The summed E-state index contributed by atoms with van der Waals surface area (Å²) in [5.74, 6) is 0. The predicted molar refractivity (Wildman–Crippen MR) is 50.2 cm³/mol. The minimum Gasteiger partial charge on any atom is -0.450 e. The number of ether oxygens (including phenoxy) is 3. The van der Waals surface area contributed by atoms with Crippen LogP contribution in [0.4, 0.5) is 4.79 Å². The number of methoxy groups -OCH3 is 2. The Labute approximate surface area is 83.9 Å². The van der Waals surface area contributed by atoms with E-state index in [1.807, 2.05) is 0 Å². The quantitative estimate of drug-likeness (QED) is 0.669. The second-order valence-corrected chi connectivity index (χ2v) is 3.15. The van der Waals surface area contributed by atoms with Crippen molar-refractivity contribution < 1.29 is 19.0 Å². The Kier molecular flexibility index (Phi) is 4.16. The molecule has 1 heterocycles. The fourth-order valence-corrected chi connectivity index (χ4v) is 1.56. The van der Waals surface area contributed by atoms with Crippen LogP contribution in [0.3, 0.4) is 0 Å². The highest BCUT2D eigenvalue weighted by atomic mass is 16.6. The number of hydrogen-bond acceptors (Lipinski definition) is 4. The van der Waals surface area contributed by atoms with Crippen molar-refractivity contribution in [1.82, 2.24) is 4.90 Å². The van der Waals surface area contributed by atoms with E-state index < -0.39 is 0 Å². The van der Waals surface area contributed by atoms with E-state index in [-0.39, 0.29) is 18.3 Å². The molecule has 5 nitrogen and oxygen atoms in total. The van der Waals surface area contributed by atoms with E-state index >= 15 is 0 Å². The minimum atomic E-state index is -0.297. The normalized spacial score (nSPS) is 26.6. The molecule has 0 aromatic rings. The first-order valence-corrected chi connectivity index (χ1v) is 4.70.